The van der Waals surface area contributed by atoms with Gasteiger partial charge < -0.3 is 14.8 Å². The van der Waals surface area contributed by atoms with E-state index >= 15 is 0 Å². The SMILES string of the molecule is CCOc1ccc(NC(=O)c2ccc3ccccc3c2OC)cc1. The topological polar surface area (TPSA) is 47.6 Å². The van der Waals surface area contributed by atoms with Crippen LogP contribution in [-0.2, 0) is 0 Å². The van der Waals surface area contributed by atoms with Crippen molar-refractivity contribution in [2.45, 2.75) is 6.92 Å². The first-order valence-corrected chi connectivity index (χ1v) is 7.83. The fourth-order valence-electron chi connectivity index (χ4n) is 2.64. The zero-order chi connectivity index (χ0) is 16.9. The van der Waals surface area contributed by atoms with Gasteiger partial charge in [-0.1, -0.05) is 30.3 Å². The first-order chi connectivity index (χ1) is 11.7. The highest BCUT2D eigenvalue weighted by atomic mass is 16.5. The van der Waals surface area contributed by atoms with Crippen molar-refractivity contribution in [2.75, 3.05) is 19.0 Å². The summed E-state index contributed by atoms with van der Waals surface area (Å²) < 4.78 is 10.9. The van der Waals surface area contributed by atoms with Gasteiger partial charge in [0.25, 0.3) is 5.91 Å². The molecule has 0 aliphatic carbocycles. The summed E-state index contributed by atoms with van der Waals surface area (Å²) >= 11 is 0. The van der Waals surface area contributed by atoms with Crippen molar-refractivity contribution in [3.8, 4) is 11.5 Å². The molecular weight excluding hydrogens is 302 g/mol. The maximum atomic E-state index is 12.6. The number of fused-ring (bicyclic) bond motifs is 1. The van der Waals surface area contributed by atoms with Gasteiger partial charge in [-0.25, -0.2) is 0 Å². The molecule has 0 spiro atoms. The van der Waals surface area contributed by atoms with Crippen molar-refractivity contribution < 1.29 is 14.3 Å². The number of rotatable bonds is 5. The highest BCUT2D eigenvalue weighted by Gasteiger charge is 2.15. The summed E-state index contributed by atoms with van der Waals surface area (Å²) in [7, 11) is 1.58. The Morgan fingerprint density at radius 1 is 1.00 bits per heavy atom. The molecule has 4 nitrogen and oxygen atoms in total. The Morgan fingerprint density at radius 2 is 1.75 bits per heavy atom. The van der Waals surface area contributed by atoms with E-state index in [9.17, 15) is 4.79 Å². The van der Waals surface area contributed by atoms with Gasteiger partial charge in [-0.3, -0.25) is 4.79 Å². The van der Waals surface area contributed by atoms with Crippen LogP contribution in [0.2, 0.25) is 0 Å². The molecule has 122 valence electrons. The first-order valence-electron chi connectivity index (χ1n) is 7.83. The standard InChI is InChI=1S/C20H19NO3/c1-3-24-16-11-9-15(10-12-16)21-20(22)18-13-8-14-6-4-5-7-17(14)19(18)23-2/h4-13H,3H2,1-2H3,(H,21,22). The second-order valence-corrected chi connectivity index (χ2v) is 5.28. The molecule has 0 aliphatic heterocycles. The number of nitrogens with one attached hydrogen (secondary N) is 1. The Balaban J connectivity index is 1.88. The van der Waals surface area contributed by atoms with Crippen LogP contribution in [0.1, 0.15) is 17.3 Å². The van der Waals surface area contributed by atoms with E-state index in [1.165, 1.54) is 0 Å². The number of amides is 1. The van der Waals surface area contributed by atoms with Gasteiger partial charge in [0.2, 0.25) is 0 Å². The highest BCUT2D eigenvalue weighted by molar-refractivity contribution is 6.10. The predicted molar refractivity (Wildman–Crippen MR) is 96.1 cm³/mol. The van der Waals surface area contributed by atoms with Crippen molar-refractivity contribution in [3.63, 3.8) is 0 Å². The molecule has 0 aliphatic rings. The molecule has 0 saturated carbocycles. The van der Waals surface area contributed by atoms with Crippen LogP contribution < -0.4 is 14.8 Å². The van der Waals surface area contributed by atoms with E-state index in [1.807, 2.05) is 61.5 Å². The van der Waals surface area contributed by atoms with Gasteiger partial charge in [-0.15, -0.1) is 0 Å². The molecule has 0 bridgehead atoms. The highest BCUT2D eigenvalue weighted by Crippen LogP contribution is 2.30. The second-order valence-electron chi connectivity index (χ2n) is 5.28. The van der Waals surface area contributed by atoms with Crippen LogP contribution in [-0.4, -0.2) is 19.6 Å². The van der Waals surface area contributed by atoms with Crippen molar-refractivity contribution in [1.29, 1.82) is 0 Å². The van der Waals surface area contributed by atoms with Gasteiger partial charge in [0.15, 0.2) is 0 Å². The van der Waals surface area contributed by atoms with Gasteiger partial charge in [0.1, 0.15) is 11.5 Å². The van der Waals surface area contributed by atoms with Crippen LogP contribution in [0.4, 0.5) is 5.69 Å². The number of carbonyl (C=O) groups excluding carboxylic acids is 1. The van der Waals surface area contributed by atoms with Crippen molar-refractivity contribution >= 4 is 22.4 Å². The first kappa shape index (κ1) is 15.9. The molecule has 0 aromatic heterocycles. The molecule has 0 fully saturated rings. The van der Waals surface area contributed by atoms with Crippen LogP contribution in [0.5, 0.6) is 11.5 Å². The third kappa shape index (κ3) is 3.18. The molecule has 1 N–H and O–H groups in total. The van der Waals surface area contributed by atoms with Crippen LogP contribution in [0, 0.1) is 0 Å². The lowest BCUT2D eigenvalue weighted by Crippen LogP contribution is -2.13. The van der Waals surface area contributed by atoms with Gasteiger partial charge in [0, 0.05) is 11.1 Å². The zero-order valence-corrected chi connectivity index (χ0v) is 13.7. The van der Waals surface area contributed by atoms with Crippen LogP contribution >= 0.6 is 0 Å². The largest absolute Gasteiger partial charge is 0.495 e. The normalized spacial score (nSPS) is 10.4. The third-order valence-electron chi connectivity index (χ3n) is 3.75. The lowest BCUT2D eigenvalue weighted by Gasteiger charge is -2.12. The molecule has 4 heteroatoms. The van der Waals surface area contributed by atoms with Gasteiger partial charge in [-0.05, 0) is 42.6 Å². The molecule has 0 saturated heterocycles. The Kier molecular flexibility index (Phi) is 4.66. The number of carbonyl (C=O) groups is 1. The minimum atomic E-state index is -0.207. The third-order valence-corrected chi connectivity index (χ3v) is 3.75. The minimum absolute atomic E-state index is 0.207. The van der Waals surface area contributed by atoms with Gasteiger partial charge in [-0.2, -0.15) is 0 Å². The van der Waals surface area contributed by atoms with E-state index in [1.54, 1.807) is 13.2 Å². The molecule has 0 radical (unpaired) electrons. The summed E-state index contributed by atoms with van der Waals surface area (Å²) in [5.41, 5.74) is 1.21. The Bertz CT molecular complexity index is 856. The van der Waals surface area contributed by atoms with E-state index in [4.69, 9.17) is 9.47 Å². The summed E-state index contributed by atoms with van der Waals surface area (Å²) in [5.74, 6) is 1.15. The summed E-state index contributed by atoms with van der Waals surface area (Å²) in [6, 6.07) is 18.8. The molecule has 0 atom stereocenters. The molecule has 0 heterocycles. The van der Waals surface area contributed by atoms with E-state index in [2.05, 4.69) is 5.32 Å². The number of benzene rings is 3. The Morgan fingerprint density at radius 3 is 2.46 bits per heavy atom. The molecule has 3 aromatic carbocycles. The average Bonchev–Trinajstić information content (AvgIpc) is 2.62. The monoisotopic (exact) mass is 321 g/mol. The van der Waals surface area contributed by atoms with Crippen molar-refractivity contribution in [2.24, 2.45) is 0 Å². The van der Waals surface area contributed by atoms with E-state index in [0.29, 0.717) is 23.6 Å². The van der Waals surface area contributed by atoms with E-state index in [0.717, 1.165) is 16.5 Å². The Labute approximate surface area is 141 Å². The van der Waals surface area contributed by atoms with E-state index < -0.39 is 0 Å². The summed E-state index contributed by atoms with van der Waals surface area (Å²) in [6.45, 7) is 2.54. The molecule has 1 amide bonds. The smallest absolute Gasteiger partial charge is 0.259 e. The predicted octanol–water partition coefficient (Wildman–Crippen LogP) is 4.50. The van der Waals surface area contributed by atoms with Gasteiger partial charge >= 0.3 is 0 Å². The second kappa shape index (κ2) is 7.04. The quantitative estimate of drug-likeness (QED) is 0.752. The molecule has 24 heavy (non-hydrogen) atoms. The zero-order valence-electron chi connectivity index (χ0n) is 13.7. The number of anilines is 1. The van der Waals surface area contributed by atoms with Crippen molar-refractivity contribution in [3.05, 3.63) is 66.2 Å². The average molecular weight is 321 g/mol. The lowest BCUT2D eigenvalue weighted by atomic mass is 10.0. The number of hydrogen-bond donors (Lipinski definition) is 1. The fraction of sp³-hybridized carbons (Fsp3) is 0.150. The van der Waals surface area contributed by atoms with Crippen LogP contribution in [0.3, 0.4) is 0 Å². The maximum absolute atomic E-state index is 12.6. The van der Waals surface area contributed by atoms with Gasteiger partial charge in [0.05, 0.1) is 19.3 Å². The summed E-state index contributed by atoms with van der Waals surface area (Å²) in [4.78, 5) is 12.6. The fourth-order valence-corrected chi connectivity index (χ4v) is 2.64. The molecule has 0 unspecified atom stereocenters. The minimum Gasteiger partial charge on any atom is -0.495 e. The summed E-state index contributed by atoms with van der Waals surface area (Å²) in [5, 5.41) is 4.84. The van der Waals surface area contributed by atoms with Crippen LogP contribution in [0.15, 0.2) is 60.7 Å². The molecule has 3 rings (SSSR count). The van der Waals surface area contributed by atoms with Crippen molar-refractivity contribution in [1.82, 2.24) is 0 Å². The molecule has 3 aromatic rings. The number of hydrogen-bond acceptors (Lipinski definition) is 3. The van der Waals surface area contributed by atoms with E-state index in [-0.39, 0.29) is 5.91 Å². The van der Waals surface area contributed by atoms with Crippen LogP contribution in [0.25, 0.3) is 10.8 Å². The maximum Gasteiger partial charge on any atom is 0.259 e. The number of ether oxygens (including phenoxy) is 2. The lowest BCUT2D eigenvalue weighted by molar-refractivity contribution is 0.102. The number of methoxy groups -OCH3 is 1. The molecular formula is C20H19NO3. The summed E-state index contributed by atoms with van der Waals surface area (Å²) in [6.07, 6.45) is 0. The Hall–Kier alpha value is -3.01.